The van der Waals surface area contributed by atoms with Gasteiger partial charge in [0, 0.05) is 6.08 Å². The number of ether oxygens (including phenoxy) is 4. The molecule has 2 aromatic rings. The third-order valence-corrected chi connectivity index (χ3v) is 5.51. The molecule has 3 rings (SSSR count). The van der Waals surface area contributed by atoms with Crippen LogP contribution < -0.4 is 20.1 Å². The molecule has 1 aliphatic rings. The zero-order valence-corrected chi connectivity index (χ0v) is 20.8. The molecular formula is C24H22N4O8S. The number of amidine groups is 1. The van der Waals surface area contributed by atoms with E-state index < -0.39 is 23.8 Å². The van der Waals surface area contributed by atoms with Crippen LogP contribution in [0.25, 0.3) is 0 Å². The van der Waals surface area contributed by atoms with Crippen molar-refractivity contribution in [2.45, 2.75) is 0 Å². The molecular weight excluding hydrogens is 504 g/mol. The molecule has 0 unspecified atom stereocenters. The monoisotopic (exact) mass is 526 g/mol. The summed E-state index contributed by atoms with van der Waals surface area (Å²) in [6.45, 7) is -0.342. The number of nitrogens with zero attached hydrogens (tertiary/aromatic N) is 2. The summed E-state index contributed by atoms with van der Waals surface area (Å²) in [6.07, 6.45) is 2.48. The minimum Gasteiger partial charge on any atom is -0.493 e. The first-order chi connectivity index (χ1) is 17.8. The molecule has 2 N–H and O–H groups in total. The van der Waals surface area contributed by atoms with E-state index in [0.29, 0.717) is 22.7 Å². The van der Waals surface area contributed by atoms with Gasteiger partial charge in [-0.15, -0.1) is 5.10 Å². The van der Waals surface area contributed by atoms with Crippen LogP contribution in [-0.4, -0.2) is 63.1 Å². The first-order valence-corrected chi connectivity index (χ1v) is 11.3. The lowest BCUT2D eigenvalue weighted by Gasteiger charge is -2.12. The fraction of sp³-hybridized carbons (Fsp3) is 0.167. The number of carbonyl (C=O) groups excluding carboxylic acids is 4. The Morgan fingerprint density at radius 2 is 1.84 bits per heavy atom. The molecule has 1 fully saturated rings. The van der Waals surface area contributed by atoms with Crippen molar-refractivity contribution < 1.29 is 38.1 Å². The number of benzene rings is 2. The largest absolute Gasteiger partial charge is 0.493 e. The second kappa shape index (κ2) is 12.9. The van der Waals surface area contributed by atoms with Crippen LogP contribution in [0.4, 0.5) is 5.69 Å². The summed E-state index contributed by atoms with van der Waals surface area (Å²) in [5, 5.41) is 13.2. The van der Waals surface area contributed by atoms with Crippen LogP contribution in [0.5, 0.6) is 11.5 Å². The number of rotatable bonds is 9. The molecule has 1 heterocycles. The van der Waals surface area contributed by atoms with Gasteiger partial charge >= 0.3 is 11.9 Å². The molecule has 1 saturated heterocycles. The number of hydrogen-bond donors (Lipinski definition) is 2. The zero-order valence-electron chi connectivity index (χ0n) is 20.0. The molecule has 12 nitrogen and oxygen atoms in total. The van der Waals surface area contributed by atoms with Crippen molar-refractivity contribution in [2.75, 3.05) is 33.3 Å². The summed E-state index contributed by atoms with van der Waals surface area (Å²) in [5.74, 6) is -1.56. The SMILES string of the molecule is COC(=O)/C=C1/S/C(=N\N=Cc2ccc(OCC(=O)Nc3ccccc3C(=O)OC)c(OC)c2)NC1=O. The first kappa shape index (κ1) is 26.9. The minimum atomic E-state index is -0.653. The van der Waals surface area contributed by atoms with Gasteiger partial charge in [-0.05, 0) is 47.7 Å². The van der Waals surface area contributed by atoms with Gasteiger partial charge in [0.2, 0.25) is 0 Å². The third-order valence-electron chi connectivity index (χ3n) is 4.61. The van der Waals surface area contributed by atoms with Crippen molar-refractivity contribution in [2.24, 2.45) is 10.2 Å². The number of methoxy groups -OCH3 is 3. The molecule has 13 heteroatoms. The average molecular weight is 527 g/mol. The minimum absolute atomic E-state index is 0.141. The van der Waals surface area contributed by atoms with E-state index >= 15 is 0 Å². The molecule has 1 aliphatic heterocycles. The first-order valence-electron chi connectivity index (χ1n) is 10.5. The Labute approximate surface area is 215 Å². The van der Waals surface area contributed by atoms with Crippen LogP contribution in [0.1, 0.15) is 15.9 Å². The summed E-state index contributed by atoms with van der Waals surface area (Å²) >= 11 is 0.949. The van der Waals surface area contributed by atoms with Gasteiger partial charge in [0.15, 0.2) is 23.3 Å². The number of anilines is 1. The highest BCUT2D eigenvalue weighted by molar-refractivity contribution is 8.18. The molecule has 0 atom stereocenters. The number of para-hydroxylation sites is 1. The van der Waals surface area contributed by atoms with Crippen molar-refractivity contribution in [1.29, 1.82) is 0 Å². The number of thioether (sulfide) groups is 1. The van der Waals surface area contributed by atoms with Gasteiger partial charge in [0.25, 0.3) is 11.8 Å². The van der Waals surface area contributed by atoms with E-state index in [1.54, 1.807) is 36.4 Å². The van der Waals surface area contributed by atoms with E-state index in [1.807, 2.05) is 0 Å². The van der Waals surface area contributed by atoms with Crippen LogP contribution >= 0.6 is 11.8 Å². The number of esters is 2. The lowest BCUT2D eigenvalue weighted by molar-refractivity contribution is -0.135. The van der Waals surface area contributed by atoms with E-state index in [0.717, 1.165) is 17.8 Å². The maximum atomic E-state index is 12.4. The van der Waals surface area contributed by atoms with E-state index in [1.165, 1.54) is 33.6 Å². The van der Waals surface area contributed by atoms with E-state index in [4.69, 9.17) is 14.2 Å². The quantitative estimate of drug-likeness (QED) is 0.216. The van der Waals surface area contributed by atoms with Crippen LogP contribution in [0.3, 0.4) is 0 Å². The van der Waals surface area contributed by atoms with Gasteiger partial charge in [-0.3, -0.25) is 14.9 Å². The maximum absolute atomic E-state index is 12.4. The van der Waals surface area contributed by atoms with E-state index in [2.05, 4.69) is 25.6 Å². The van der Waals surface area contributed by atoms with Crippen LogP contribution in [0.15, 0.2) is 63.6 Å². The lowest BCUT2D eigenvalue weighted by Crippen LogP contribution is -2.22. The van der Waals surface area contributed by atoms with Crippen LogP contribution in [0, 0.1) is 0 Å². The van der Waals surface area contributed by atoms with Gasteiger partial charge in [-0.2, -0.15) is 5.10 Å². The second-order valence-corrected chi connectivity index (χ2v) is 8.05. The highest BCUT2D eigenvalue weighted by atomic mass is 32.2. The highest BCUT2D eigenvalue weighted by Crippen LogP contribution is 2.28. The Bertz CT molecular complexity index is 1310. The van der Waals surface area contributed by atoms with Gasteiger partial charge in [0.05, 0.1) is 43.7 Å². The molecule has 0 spiro atoms. The average Bonchev–Trinajstić information content (AvgIpc) is 3.25. The molecule has 0 bridgehead atoms. The predicted molar refractivity (Wildman–Crippen MR) is 136 cm³/mol. The molecule has 2 amide bonds. The van der Waals surface area contributed by atoms with Gasteiger partial charge < -0.3 is 24.3 Å². The molecule has 0 aromatic heterocycles. The normalized spacial score (nSPS) is 14.9. The summed E-state index contributed by atoms with van der Waals surface area (Å²) in [7, 11) is 3.90. The van der Waals surface area contributed by atoms with E-state index in [9.17, 15) is 19.2 Å². The Hall–Kier alpha value is -4.65. The molecule has 0 saturated carbocycles. The fourth-order valence-corrected chi connectivity index (χ4v) is 3.62. The lowest BCUT2D eigenvalue weighted by atomic mass is 10.2. The maximum Gasteiger partial charge on any atom is 0.339 e. The Balaban J connectivity index is 1.61. The Kier molecular flexibility index (Phi) is 9.38. The zero-order chi connectivity index (χ0) is 26.8. The topological polar surface area (TPSA) is 154 Å². The summed E-state index contributed by atoms with van der Waals surface area (Å²) < 4.78 is 20.1. The fourth-order valence-electron chi connectivity index (χ4n) is 2.88. The summed E-state index contributed by atoms with van der Waals surface area (Å²) in [4.78, 5) is 47.5. The molecule has 0 aliphatic carbocycles. The molecule has 0 radical (unpaired) electrons. The van der Waals surface area contributed by atoms with Gasteiger partial charge in [-0.25, -0.2) is 9.59 Å². The van der Waals surface area contributed by atoms with Crippen molar-refractivity contribution in [1.82, 2.24) is 5.32 Å². The van der Waals surface area contributed by atoms with Gasteiger partial charge in [-0.1, -0.05) is 12.1 Å². The summed E-state index contributed by atoms with van der Waals surface area (Å²) in [6, 6.07) is 11.3. The standard InChI is InChI=1S/C24H22N4O8S/c1-33-18-10-14(12-25-28-24-27-22(31)19(37-24)11-21(30)34-2)8-9-17(18)36-13-20(29)26-16-7-5-4-6-15(16)23(32)35-3/h4-12H,13H2,1-3H3,(H,26,29)(H,27,28,31)/b19-11+,25-12?. The second-order valence-electron chi connectivity index (χ2n) is 7.02. The van der Waals surface area contributed by atoms with Crippen molar-refractivity contribution in [3.63, 3.8) is 0 Å². The smallest absolute Gasteiger partial charge is 0.339 e. The third kappa shape index (κ3) is 7.41. The predicted octanol–water partition coefficient (Wildman–Crippen LogP) is 2.11. The summed E-state index contributed by atoms with van der Waals surface area (Å²) in [5.41, 5.74) is 1.12. The number of carbonyl (C=O) groups is 4. The van der Waals surface area contributed by atoms with Crippen LogP contribution in [-0.2, 0) is 23.9 Å². The highest BCUT2D eigenvalue weighted by Gasteiger charge is 2.25. The van der Waals surface area contributed by atoms with Crippen molar-refractivity contribution in [3.8, 4) is 11.5 Å². The van der Waals surface area contributed by atoms with Gasteiger partial charge in [0.1, 0.15) is 0 Å². The van der Waals surface area contributed by atoms with Crippen molar-refractivity contribution >= 4 is 52.6 Å². The van der Waals surface area contributed by atoms with Crippen LogP contribution in [0.2, 0.25) is 0 Å². The molecule has 2 aromatic carbocycles. The molecule has 37 heavy (non-hydrogen) atoms. The van der Waals surface area contributed by atoms with E-state index in [-0.39, 0.29) is 22.2 Å². The number of hydrogen-bond acceptors (Lipinski definition) is 11. The Morgan fingerprint density at radius 3 is 2.57 bits per heavy atom. The molecule has 192 valence electrons. The number of nitrogens with one attached hydrogen (secondary N) is 2. The Morgan fingerprint density at radius 1 is 1.05 bits per heavy atom. The van der Waals surface area contributed by atoms with Crippen molar-refractivity contribution in [3.05, 3.63) is 64.6 Å². The number of amides is 2.